The molecular weight excluding hydrogens is 384 g/mol. The highest BCUT2D eigenvalue weighted by atomic mass is 16.5. The van der Waals surface area contributed by atoms with Crippen LogP contribution >= 0.6 is 0 Å². The monoisotopic (exact) mass is 408 g/mol. The van der Waals surface area contributed by atoms with Gasteiger partial charge in [0.15, 0.2) is 11.5 Å². The van der Waals surface area contributed by atoms with Gasteiger partial charge in [-0.05, 0) is 43.2 Å². The minimum atomic E-state index is -0.242. The molecule has 8 heteroatoms. The van der Waals surface area contributed by atoms with Crippen LogP contribution in [0.1, 0.15) is 30.5 Å². The molecule has 2 aromatic carbocycles. The number of para-hydroxylation sites is 1. The van der Waals surface area contributed by atoms with E-state index in [1.807, 2.05) is 56.3 Å². The lowest BCUT2D eigenvalue weighted by molar-refractivity contribution is -0.117. The van der Waals surface area contributed by atoms with Crippen molar-refractivity contribution in [1.82, 2.24) is 14.8 Å². The summed E-state index contributed by atoms with van der Waals surface area (Å²) in [5, 5.41) is 6.97. The van der Waals surface area contributed by atoms with E-state index in [1.165, 1.54) is 6.33 Å². The second-order valence-electron chi connectivity index (χ2n) is 6.90. The van der Waals surface area contributed by atoms with Crippen molar-refractivity contribution in [2.45, 2.75) is 26.3 Å². The van der Waals surface area contributed by atoms with E-state index in [-0.39, 0.29) is 18.4 Å². The van der Waals surface area contributed by atoms with Crippen LogP contribution in [-0.2, 0) is 4.79 Å². The van der Waals surface area contributed by atoms with Crippen molar-refractivity contribution in [3.05, 3.63) is 59.9 Å². The molecule has 1 aliphatic heterocycles. The topological polar surface area (TPSA) is 87.5 Å². The van der Waals surface area contributed by atoms with Gasteiger partial charge in [0, 0.05) is 0 Å². The number of carbonyl (C=O) groups excluding carboxylic acids is 1. The molecule has 8 nitrogen and oxygen atoms in total. The minimum absolute atomic E-state index is 0.0906. The standard InChI is InChI=1S/C22H24N4O4/c1-3-28-20-12-16(17-13-21(27)25-22-23-14-24-26(17)22)8-9-19(20)30-11-10-29-18-7-5-4-6-15(18)2/h4-9,12,14,17H,3,10-11,13H2,1-2H3,(H,23,24,25,27). The van der Waals surface area contributed by atoms with Crippen molar-refractivity contribution >= 4 is 11.9 Å². The summed E-state index contributed by atoms with van der Waals surface area (Å²) < 4.78 is 19.2. The van der Waals surface area contributed by atoms with Gasteiger partial charge in [0.1, 0.15) is 25.3 Å². The van der Waals surface area contributed by atoms with Crippen molar-refractivity contribution in [2.24, 2.45) is 0 Å². The predicted molar refractivity (Wildman–Crippen MR) is 111 cm³/mol. The van der Waals surface area contributed by atoms with Gasteiger partial charge < -0.3 is 14.2 Å². The average Bonchev–Trinajstić information content (AvgIpc) is 3.21. The molecule has 1 aliphatic rings. The van der Waals surface area contributed by atoms with E-state index in [0.29, 0.717) is 37.3 Å². The molecule has 1 atom stereocenters. The molecule has 0 saturated carbocycles. The minimum Gasteiger partial charge on any atom is -0.490 e. The third-order valence-electron chi connectivity index (χ3n) is 4.84. The van der Waals surface area contributed by atoms with Crippen LogP contribution in [-0.4, -0.2) is 40.5 Å². The molecule has 1 aromatic heterocycles. The molecular formula is C22H24N4O4. The maximum atomic E-state index is 12.0. The first kappa shape index (κ1) is 19.8. The lowest BCUT2D eigenvalue weighted by Crippen LogP contribution is -2.29. The van der Waals surface area contributed by atoms with Crippen molar-refractivity contribution < 1.29 is 19.0 Å². The van der Waals surface area contributed by atoms with Crippen LogP contribution in [0.4, 0.5) is 5.95 Å². The lowest BCUT2D eigenvalue weighted by Gasteiger charge is -2.24. The number of rotatable bonds is 8. The van der Waals surface area contributed by atoms with Gasteiger partial charge in [-0.15, -0.1) is 0 Å². The molecule has 4 rings (SSSR count). The van der Waals surface area contributed by atoms with Crippen LogP contribution in [0.3, 0.4) is 0 Å². The zero-order valence-electron chi connectivity index (χ0n) is 17.0. The summed E-state index contributed by atoms with van der Waals surface area (Å²) in [6.45, 7) is 5.23. The number of nitrogens with zero attached hydrogens (tertiary/aromatic N) is 3. The number of aromatic nitrogens is 3. The summed E-state index contributed by atoms with van der Waals surface area (Å²) in [5.74, 6) is 2.46. The van der Waals surface area contributed by atoms with E-state index >= 15 is 0 Å². The zero-order valence-corrected chi connectivity index (χ0v) is 17.0. The van der Waals surface area contributed by atoms with Crippen LogP contribution < -0.4 is 19.5 Å². The van der Waals surface area contributed by atoms with E-state index in [0.717, 1.165) is 16.9 Å². The third-order valence-corrected chi connectivity index (χ3v) is 4.84. The summed E-state index contributed by atoms with van der Waals surface area (Å²) in [6.07, 6.45) is 1.72. The normalized spacial score (nSPS) is 15.3. The Kier molecular flexibility index (Phi) is 5.83. The van der Waals surface area contributed by atoms with Crippen LogP contribution in [0.15, 0.2) is 48.8 Å². The molecule has 0 aliphatic carbocycles. The molecule has 30 heavy (non-hydrogen) atoms. The fourth-order valence-corrected chi connectivity index (χ4v) is 3.41. The van der Waals surface area contributed by atoms with Gasteiger partial charge in [0.25, 0.3) is 0 Å². The van der Waals surface area contributed by atoms with E-state index in [4.69, 9.17) is 14.2 Å². The number of fused-ring (bicyclic) bond motifs is 1. The number of anilines is 1. The van der Waals surface area contributed by atoms with Gasteiger partial charge in [-0.1, -0.05) is 24.3 Å². The summed E-state index contributed by atoms with van der Waals surface area (Å²) in [7, 11) is 0. The van der Waals surface area contributed by atoms with Crippen LogP contribution in [0.5, 0.6) is 17.2 Å². The summed E-state index contributed by atoms with van der Waals surface area (Å²) >= 11 is 0. The van der Waals surface area contributed by atoms with Crippen molar-refractivity contribution in [2.75, 3.05) is 25.1 Å². The summed E-state index contributed by atoms with van der Waals surface area (Å²) in [4.78, 5) is 16.1. The molecule has 0 fully saturated rings. The van der Waals surface area contributed by atoms with Crippen molar-refractivity contribution in [3.63, 3.8) is 0 Å². The number of benzene rings is 2. The van der Waals surface area contributed by atoms with Crippen molar-refractivity contribution in [3.8, 4) is 17.2 Å². The molecule has 0 spiro atoms. The van der Waals surface area contributed by atoms with Crippen LogP contribution in [0.25, 0.3) is 0 Å². The van der Waals surface area contributed by atoms with E-state index < -0.39 is 0 Å². The Morgan fingerprint density at radius 2 is 1.87 bits per heavy atom. The number of hydrogen-bond acceptors (Lipinski definition) is 6. The second kappa shape index (κ2) is 8.86. The number of ether oxygens (including phenoxy) is 3. The Balaban J connectivity index is 1.46. The smallest absolute Gasteiger partial charge is 0.229 e. The predicted octanol–water partition coefficient (Wildman–Crippen LogP) is 3.37. The Bertz CT molecular complexity index is 1030. The average molecular weight is 408 g/mol. The molecule has 156 valence electrons. The molecule has 1 unspecified atom stereocenters. The Morgan fingerprint density at radius 1 is 1.07 bits per heavy atom. The number of aryl methyl sites for hydroxylation is 1. The van der Waals surface area contributed by atoms with Gasteiger partial charge in [-0.3, -0.25) is 10.1 Å². The summed E-state index contributed by atoms with van der Waals surface area (Å²) in [5.41, 5.74) is 1.99. The number of nitrogens with one attached hydrogen (secondary N) is 1. The first-order chi connectivity index (χ1) is 14.7. The molecule has 0 bridgehead atoms. The van der Waals surface area contributed by atoms with Gasteiger partial charge in [-0.2, -0.15) is 10.1 Å². The molecule has 1 N–H and O–H groups in total. The maximum Gasteiger partial charge on any atom is 0.229 e. The largest absolute Gasteiger partial charge is 0.490 e. The quantitative estimate of drug-likeness (QED) is 0.575. The Hall–Kier alpha value is -3.55. The Morgan fingerprint density at radius 3 is 2.67 bits per heavy atom. The zero-order chi connectivity index (χ0) is 20.9. The van der Waals surface area contributed by atoms with E-state index in [9.17, 15) is 4.79 Å². The SMILES string of the molecule is CCOc1cc(C2CC(=O)Nc3ncnn32)ccc1OCCOc1ccccc1C. The lowest BCUT2D eigenvalue weighted by atomic mass is 10.0. The third kappa shape index (κ3) is 4.22. The molecule has 2 heterocycles. The van der Waals surface area contributed by atoms with Gasteiger partial charge in [-0.25, -0.2) is 4.68 Å². The Labute approximate surface area is 174 Å². The first-order valence-electron chi connectivity index (χ1n) is 9.93. The fraction of sp³-hybridized carbons (Fsp3) is 0.318. The van der Waals surface area contributed by atoms with Gasteiger partial charge in [0.05, 0.1) is 19.1 Å². The summed E-state index contributed by atoms with van der Waals surface area (Å²) in [6, 6.07) is 13.3. The fourth-order valence-electron chi connectivity index (χ4n) is 3.41. The molecule has 0 saturated heterocycles. The van der Waals surface area contributed by atoms with Crippen LogP contribution in [0, 0.1) is 6.92 Å². The maximum absolute atomic E-state index is 12.0. The highest BCUT2D eigenvalue weighted by Gasteiger charge is 2.28. The van der Waals surface area contributed by atoms with E-state index in [2.05, 4.69) is 15.4 Å². The number of amides is 1. The highest BCUT2D eigenvalue weighted by molar-refractivity contribution is 5.91. The van der Waals surface area contributed by atoms with Gasteiger partial charge >= 0.3 is 0 Å². The second-order valence-corrected chi connectivity index (χ2v) is 6.90. The van der Waals surface area contributed by atoms with E-state index in [1.54, 1.807) is 4.68 Å². The molecule has 3 aromatic rings. The number of hydrogen-bond donors (Lipinski definition) is 1. The first-order valence-corrected chi connectivity index (χ1v) is 9.93. The number of carbonyl (C=O) groups is 1. The molecule has 0 radical (unpaired) electrons. The highest BCUT2D eigenvalue weighted by Crippen LogP contribution is 2.35. The van der Waals surface area contributed by atoms with Crippen LogP contribution in [0.2, 0.25) is 0 Å². The van der Waals surface area contributed by atoms with Crippen molar-refractivity contribution in [1.29, 1.82) is 0 Å². The molecule has 1 amide bonds. The van der Waals surface area contributed by atoms with Gasteiger partial charge in [0.2, 0.25) is 11.9 Å².